The molecule has 7 heteroatoms. The molecule has 88 valence electrons. The fourth-order valence-electron chi connectivity index (χ4n) is 1.31. The van der Waals surface area contributed by atoms with Gasteiger partial charge in [-0.25, -0.2) is 13.8 Å². The normalized spacial score (nSPS) is 11.6. The van der Waals surface area contributed by atoms with Crippen LogP contribution in [0.15, 0.2) is 6.07 Å². The Hall–Kier alpha value is -0.940. The van der Waals surface area contributed by atoms with E-state index in [-0.39, 0.29) is 10.7 Å². The molecule has 0 aromatic carbocycles. The number of rotatable bonds is 3. The number of carboxylic acids is 1. The van der Waals surface area contributed by atoms with Crippen molar-refractivity contribution in [2.24, 2.45) is 0 Å². The van der Waals surface area contributed by atoms with E-state index in [1.807, 2.05) is 0 Å². The van der Waals surface area contributed by atoms with E-state index in [2.05, 4.69) is 4.98 Å². The van der Waals surface area contributed by atoms with Gasteiger partial charge in [0.05, 0.1) is 5.56 Å². The molecule has 0 aliphatic rings. The topological polar surface area (TPSA) is 50.2 Å². The molecule has 0 saturated heterocycles. The maximum absolute atomic E-state index is 13.5. The molecule has 0 aliphatic carbocycles. The Morgan fingerprint density at radius 1 is 1.56 bits per heavy atom. The van der Waals surface area contributed by atoms with Gasteiger partial charge in [0.25, 0.3) is 5.92 Å². The zero-order chi connectivity index (χ0) is 12.5. The van der Waals surface area contributed by atoms with E-state index in [1.165, 1.54) is 13.0 Å². The summed E-state index contributed by atoms with van der Waals surface area (Å²) in [4.78, 5) is 13.8. The molecule has 0 fully saturated rings. The Morgan fingerprint density at radius 2 is 2.12 bits per heavy atom. The van der Waals surface area contributed by atoms with Crippen LogP contribution >= 0.6 is 23.2 Å². The number of nitrogens with zero attached hydrogens (tertiary/aromatic N) is 1. The molecule has 0 spiro atoms. The van der Waals surface area contributed by atoms with Gasteiger partial charge in [-0.3, -0.25) is 4.79 Å². The molecular formula is C9H7Cl2F2NO2. The highest BCUT2D eigenvalue weighted by atomic mass is 35.5. The van der Waals surface area contributed by atoms with Crippen LogP contribution in [0.3, 0.4) is 0 Å². The van der Waals surface area contributed by atoms with Crippen LogP contribution in [-0.4, -0.2) is 16.1 Å². The van der Waals surface area contributed by atoms with Gasteiger partial charge in [0.15, 0.2) is 0 Å². The van der Waals surface area contributed by atoms with Crippen LogP contribution in [0.2, 0.25) is 10.3 Å². The van der Waals surface area contributed by atoms with Gasteiger partial charge in [-0.15, -0.1) is 0 Å². The monoisotopic (exact) mass is 269 g/mol. The summed E-state index contributed by atoms with van der Waals surface area (Å²) >= 11 is 11.1. The molecule has 1 aromatic heterocycles. The molecule has 0 atom stereocenters. The van der Waals surface area contributed by atoms with Gasteiger partial charge >= 0.3 is 5.97 Å². The minimum Gasteiger partial charge on any atom is -0.481 e. The number of carboxylic acid groups (broad SMARTS) is 1. The SMILES string of the molecule is Cc1cc(Cl)nc(Cl)c1C(F)(F)CC(=O)O. The summed E-state index contributed by atoms with van der Waals surface area (Å²) in [5.41, 5.74) is -0.489. The first-order valence-corrected chi connectivity index (χ1v) is 4.92. The second kappa shape index (κ2) is 4.51. The summed E-state index contributed by atoms with van der Waals surface area (Å²) in [6, 6.07) is 1.21. The molecule has 1 rings (SSSR count). The van der Waals surface area contributed by atoms with Gasteiger partial charge in [0, 0.05) is 0 Å². The van der Waals surface area contributed by atoms with Gasteiger partial charge < -0.3 is 5.11 Å². The molecule has 0 bridgehead atoms. The van der Waals surface area contributed by atoms with Crippen molar-refractivity contribution in [3.05, 3.63) is 27.5 Å². The highest BCUT2D eigenvalue weighted by molar-refractivity contribution is 6.33. The second-order valence-electron chi connectivity index (χ2n) is 3.20. The smallest absolute Gasteiger partial charge is 0.309 e. The van der Waals surface area contributed by atoms with Gasteiger partial charge in [-0.05, 0) is 18.6 Å². The number of hydrogen-bond donors (Lipinski definition) is 1. The van der Waals surface area contributed by atoms with E-state index >= 15 is 0 Å². The summed E-state index contributed by atoms with van der Waals surface area (Å²) in [7, 11) is 0. The number of halogens is 4. The van der Waals surface area contributed by atoms with Crippen LogP contribution in [0.4, 0.5) is 8.78 Å². The summed E-state index contributed by atoms with van der Waals surface area (Å²) in [6.45, 7) is 1.37. The van der Waals surface area contributed by atoms with Crippen molar-refractivity contribution in [2.45, 2.75) is 19.3 Å². The molecule has 1 heterocycles. The van der Waals surface area contributed by atoms with E-state index in [1.54, 1.807) is 0 Å². The molecule has 16 heavy (non-hydrogen) atoms. The van der Waals surface area contributed by atoms with Crippen LogP contribution in [0, 0.1) is 6.92 Å². The van der Waals surface area contributed by atoms with Crippen LogP contribution in [-0.2, 0) is 10.7 Å². The zero-order valence-corrected chi connectivity index (χ0v) is 9.61. The van der Waals surface area contributed by atoms with Crippen molar-refractivity contribution >= 4 is 29.2 Å². The number of aryl methyl sites for hydroxylation is 1. The predicted octanol–water partition coefficient (Wildman–Crippen LogP) is 3.26. The number of alkyl halides is 2. The average Bonchev–Trinajstić information content (AvgIpc) is 1.96. The third-order valence-electron chi connectivity index (χ3n) is 1.88. The van der Waals surface area contributed by atoms with Crippen molar-refractivity contribution in [2.75, 3.05) is 0 Å². The fourth-order valence-corrected chi connectivity index (χ4v) is 1.98. The first-order valence-electron chi connectivity index (χ1n) is 4.17. The zero-order valence-electron chi connectivity index (χ0n) is 8.10. The van der Waals surface area contributed by atoms with E-state index in [0.29, 0.717) is 0 Å². The van der Waals surface area contributed by atoms with Gasteiger partial charge in [-0.2, -0.15) is 0 Å². The lowest BCUT2D eigenvalue weighted by Crippen LogP contribution is -2.20. The first kappa shape index (κ1) is 13.1. The van der Waals surface area contributed by atoms with Crippen molar-refractivity contribution in [3.63, 3.8) is 0 Å². The lowest BCUT2D eigenvalue weighted by atomic mass is 10.0. The van der Waals surface area contributed by atoms with E-state index < -0.39 is 29.0 Å². The van der Waals surface area contributed by atoms with Crippen molar-refractivity contribution < 1.29 is 18.7 Å². The summed E-state index contributed by atoms with van der Waals surface area (Å²) < 4.78 is 27.0. The fraction of sp³-hybridized carbons (Fsp3) is 0.333. The lowest BCUT2D eigenvalue weighted by Gasteiger charge is -2.17. The van der Waals surface area contributed by atoms with Crippen molar-refractivity contribution in [1.82, 2.24) is 4.98 Å². The van der Waals surface area contributed by atoms with Crippen LogP contribution in [0.1, 0.15) is 17.5 Å². The number of carbonyl (C=O) groups is 1. The average molecular weight is 270 g/mol. The molecule has 0 saturated carbocycles. The summed E-state index contributed by atoms with van der Waals surface area (Å²) in [6.07, 6.45) is -1.34. The number of hydrogen-bond acceptors (Lipinski definition) is 2. The molecular weight excluding hydrogens is 263 g/mol. The summed E-state index contributed by atoms with van der Waals surface area (Å²) in [5.74, 6) is -5.18. The highest BCUT2D eigenvalue weighted by Gasteiger charge is 2.38. The van der Waals surface area contributed by atoms with Gasteiger partial charge in [-0.1, -0.05) is 23.2 Å². The third-order valence-corrected chi connectivity index (χ3v) is 2.35. The van der Waals surface area contributed by atoms with Gasteiger partial charge in [0.2, 0.25) is 0 Å². The Kier molecular flexibility index (Phi) is 3.70. The number of aliphatic carboxylic acids is 1. The van der Waals surface area contributed by atoms with E-state index in [0.717, 1.165) is 0 Å². The molecule has 0 radical (unpaired) electrons. The Balaban J connectivity index is 3.27. The van der Waals surface area contributed by atoms with E-state index in [9.17, 15) is 13.6 Å². The lowest BCUT2D eigenvalue weighted by molar-refractivity contribution is -0.145. The maximum atomic E-state index is 13.5. The van der Waals surface area contributed by atoms with Crippen molar-refractivity contribution in [3.8, 4) is 0 Å². The predicted molar refractivity (Wildman–Crippen MR) is 55.1 cm³/mol. The Bertz CT molecular complexity index is 415. The van der Waals surface area contributed by atoms with Crippen LogP contribution in [0.5, 0.6) is 0 Å². The second-order valence-corrected chi connectivity index (χ2v) is 3.95. The molecule has 3 nitrogen and oxygen atoms in total. The number of pyridine rings is 1. The van der Waals surface area contributed by atoms with Crippen LogP contribution in [0.25, 0.3) is 0 Å². The Morgan fingerprint density at radius 3 is 2.56 bits per heavy atom. The quantitative estimate of drug-likeness (QED) is 0.857. The maximum Gasteiger partial charge on any atom is 0.309 e. The summed E-state index contributed by atoms with van der Waals surface area (Å²) in [5, 5.41) is 7.89. The molecule has 1 aromatic rings. The third kappa shape index (κ3) is 2.80. The van der Waals surface area contributed by atoms with Crippen LogP contribution < -0.4 is 0 Å². The minimum absolute atomic E-state index is 0.0163. The van der Waals surface area contributed by atoms with Gasteiger partial charge in [0.1, 0.15) is 16.7 Å². The minimum atomic E-state index is -3.56. The molecule has 0 aliphatic heterocycles. The molecule has 0 unspecified atom stereocenters. The Labute approximate surface area is 100 Å². The molecule has 1 N–H and O–H groups in total. The standard InChI is InChI=1S/C9H7Cl2F2NO2/c1-4-2-5(10)14-8(11)7(4)9(12,13)3-6(15)16/h2H,3H2,1H3,(H,15,16). The molecule has 0 amide bonds. The first-order chi connectivity index (χ1) is 7.24. The van der Waals surface area contributed by atoms with E-state index in [4.69, 9.17) is 28.3 Å². The highest BCUT2D eigenvalue weighted by Crippen LogP contribution is 2.38. The van der Waals surface area contributed by atoms with Crippen molar-refractivity contribution in [1.29, 1.82) is 0 Å². The largest absolute Gasteiger partial charge is 0.481 e. The number of aromatic nitrogens is 1.